The Labute approximate surface area is 111 Å². The van der Waals surface area contributed by atoms with Crippen molar-refractivity contribution >= 4 is 17.4 Å². The second-order valence-electron chi connectivity index (χ2n) is 4.21. The Kier molecular flexibility index (Phi) is 4.03. The minimum atomic E-state index is -0.0956. The number of anilines is 1. The molecule has 19 heavy (non-hydrogen) atoms. The Morgan fingerprint density at radius 2 is 1.68 bits per heavy atom. The van der Waals surface area contributed by atoms with Crippen molar-refractivity contribution in [2.45, 2.75) is 13.3 Å². The van der Waals surface area contributed by atoms with Crippen LogP contribution in [0.1, 0.15) is 22.8 Å². The summed E-state index contributed by atoms with van der Waals surface area (Å²) in [5, 5.41) is 2.79. The third-order valence-electron chi connectivity index (χ3n) is 2.69. The van der Waals surface area contributed by atoms with E-state index in [4.69, 9.17) is 0 Å². The molecule has 0 aliphatic carbocycles. The lowest BCUT2D eigenvalue weighted by molar-refractivity contribution is -0.115. The van der Waals surface area contributed by atoms with E-state index in [1.807, 2.05) is 0 Å². The van der Waals surface area contributed by atoms with Gasteiger partial charge in [0.2, 0.25) is 5.91 Å². The fourth-order valence-corrected chi connectivity index (χ4v) is 1.68. The van der Waals surface area contributed by atoms with Crippen molar-refractivity contribution in [1.82, 2.24) is 4.98 Å². The third kappa shape index (κ3) is 3.74. The van der Waals surface area contributed by atoms with Gasteiger partial charge in [0.15, 0.2) is 5.78 Å². The second kappa shape index (κ2) is 5.91. The van der Waals surface area contributed by atoms with Gasteiger partial charge in [-0.3, -0.25) is 14.6 Å². The molecule has 0 bridgehead atoms. The normalized spacial score (nSPS) is 9.95. The topological polar surface area (TPSA) is 59.1 Å². The molecule has 1 aromatic heterocycles. The Balaban J connectivity index is 1.97. The van der Waals surface area contributed by atoms with Crippen molar-refractivity contribution in [2.75, 3.05) is 5.32 Å². The molecule has 0 aliphatic heterocycles. The lowest BCUT2D eigenvalue weighted by Crippen LogP contribution is -2.14. The van der Waals surface area contributed by atoms with Gasteiger partial charge in [-0.1, -0.05) is 0 Å². The number of amides is 1. The number of hydrogen-bond acceptors (Lipinski definition) is 3. The number of nitrogens with one attached hydrogen (secondary N) is 1. The SMILES string of the molecule is CC(=O)c1ccc(NC(=O)Cc2ccncc2)cc1. The van der Waals surface area contributed by atoms with Crippen molar-refractivity contribution in [2.24, 2.45) is 0 Å². The molecule has 0 unspecified atom stereocenters. The van der Waals surface area contributed by atoms with Crippen LogP contribution in [0.3, 0.4) is 0 Å². The smallest absolute Gasteiger partial charge is 0.228 e. The quantitative estimate of drug-likeness (QED) is 0.853. The van der Waals surface area contributed by atoms with Crippen LogP contribution < -0.4 is 5.32 Å². The first-order valence-corrected chi connectivity index (χ1v) is 5.95. The van der Waals surface area contributed by atoms with E-state index < -0.39 is 0 Å². The minimum Gasteiger partial charge on any atom is -0.326 e. The summed E-state index contributed by atoms with van der Waals surface area (Å²) in [5.41, 5.74) is 2.23. The fourth-order valence-electron chi connectivity index (χ4n) is 1.68. The molecule has 0 fully saturated rings. The highest BCUT2D eigenvalue weighted by Gasteiger charge is 2.04. The van der Waals surface area contributed by atoms with Gasteiger partial charge in [0.05, 0.1) is 6.42 Å². The van der Waals surface area contributed by atoms with Crippen LogP contribution in [0.2, 0.25) is 0 Å². The van der Waals surface area contributed by atoms with Crippen molar-refractivity contribution in [3.63, 3.8) is 0 Å². The van der Waals surface area contributed by atoms with Crippen LogP contribution in [0, 0.1) is 0 Å². The molecule has 0 saturated carbocycles. The molecule has 0 saturated heterocycles. The molecule has 0 spiro atoms. The summed E-state index contributed by atoms with van der Waals surface area (Å²) < 4.78 is 0. The van der Waals surface area contributed by atoms with Gasteiger partial charge < -0.3 is 5.32 Å². The van der Waals surface area contributed by atoms with E-state index in [9.17, 15) is 9.59 Å². The van der Waals surface area contributed by atoms with Gasteiger partial charge in [-0.15, -0.1) is 0 Å². The highest BCUT2D eigenvalue weighted by atomic mass is 16.1. The van der Waals surface area contributed by atoms with E-state index in [0.717, 1.165) is 5.56 Å². The summed E-state index contributed by atoms with van der Waals surface area (Å²) in [7, 11) is 0. The predicted octanol–water partition coefficient (Wildman–Crippen LogP) is 2.47. The summed E-state index contributed by atoms with van der Waals surface area (Å²) >= 11 is 0. The Hall–Kier alpha value is -2.49. The largest absolute Gasteiger partial charge is 0.326 e. The third-order valence-corrected chi connectivity index (χ3v) is 2.69. The van der Waals surface area contributed by atoms with E-state index >= 15 is 0 Å². The lowest BCUT2D eigenvalue weighted by Gasteiger charge is -2.05. The molecule has 4 heteroatoms. The molecule has 0 radical (unpaired) electrons. The minimum absolute atomic E-state index is 0.00895. The Morgan fingerprint density at radius 3 is 2.26 bits per heavy atom. The zero-order chi connectivity index (χ0) is 13.7. The Morgan fingerprint density at radius 1 is 1.05 bits per heavy atom. The van der Waals surface area contributed by atoms with E-state index in [1.54, 1.807) is 48.8 Å². The standard InChI is InChI=1S/C15H14N2O2/c1-11(18)13-2-4-14(5-3-13)17-15(19)10-12-6-8-16-9-7-12/h2-9H,10H2,1H3,(H,17,19). The molecule has 1 N–H and O–H groups in total. The molecule has 1 aromatic carbocycles. The zero-order valence-corrected chi connectivity index (χ0v) is 10.6. The van der Waals surface area contributed by atoms with Gasteiger partial charge >= 0.3 is 0 Å². The molecule has 4 nitrogen and oxygen atoms in total. The van der Waals surface area contributed by atoms with Crippen LogP contribution in [0.15, 0.2) is 48.8 Å². The number of ketones is 1. The van der Waals surface area contributed by atoms with Gasteiger partial charge in [-0.2, -0.15) is 0 Å². The average molecular weight is 254 g/mol. The molecule has 1 heterocycles. The van der Waals surface area contributed by atoms with E-state index in [1.165, 1.54) is 6.92 Å². The summed E-state index contributed by atoms with van der Waals surface area (Å²) in [6.45, 7) is 1.51. The van der Waals surface area contributed by atoms with Crippen LogP contribution >= 0.6 is 0 Å². The molecule has 96 valence electrons. The van der Waals surface area contributed by atoms with E-state index in [0.29, 0.717) is 17.7 Å². The summed E-state index contributed by atoms with van der Waals surface area (Å²) in [4.78, 5) is 26.8. The number of hydrogen-bond donors (Lipinski definition) is 1. The molecule has 2 rings (SSSR count). The van der Waals surface area contributed by atoms with Crippen molar-refractivity contribution < 1.29 is 9.59 Å². The summed E-state index contributed by atoms with van der Waals surface area (Å²) in [5.74, 6) is -0.0866. The number of benzene rings is 1. The summed E-state index contributed by atoms with van der Waals surface area (Å²) in [6.07, 6.45) is 3.62. The maximum Gasteiger partial charge on any atom is 0.228 e. The number of Topliss-reactive ketones (excluding diaryl/α,β-unsaturated/α-hetero) is 1. The van der Waals surface area contributed by atoms with Crippen molar-refractivity contribution in [3.05, 3.63) is 59.9 Å². The predicted molar refractivity (Wildman–Crippen MR) is 73.0 cm³/mol. The van der Waals surface area contributed by atoms with Crippen molar-refractivity contribution in [3.8, 4) is 0 Å². The van der Waals surface area contributed by atoms with Gasteiger partial charge in [0.1, 0.15) is 0 Å². The number of carbonyl (C=O) groups is 2. The van der Waals surface area contributed by atoms with Crippen LogP contribution in [0.5, 0.6) is 0 Å². The number of pyridine rings is 1. The van der Waals surface area contributed by atoms with Gasteiger partial charge in [-0.25, -0.2) is 0 Å². The Bertz CT molecular complexity index is 577. The maximum absolute atomic E-state index is 11.8. The molecule has 2 aromatic rings. The lowest BCUT2D eigenvalue weighted by atomic mass is 10.1. The first-order chi connectivity index (χ1) is 9.15. The zero-order valence-electron chi connectivity index (χ0n) is 10.6. The number of aromatic nitrogens is 1. The summed E-state index contributed by atoms with van der Waals surface area (Å²) in [6, 6.07) is 10.5. The molecular formula is C15H14N2O2. The van der Waals surface area contributed by atoms with Gasteiger partial charge in [0, 0.05) is 23.6 Å². The van der Waals surface area contributed by atoms with Crippen LogP contribution in [-0.2, 0) is 11.2 Å². The van der Waals surface area contributed by atoms with Crippen LogP contribution in [-0.4, -0.2) is 16.7 Å². The highest BCUT2D eigenvalue weighted by Crippen LogP contribution is 2.10. The monoisotopic (exact) mass is 254 g/mol. The highest BCUT2D eigenvalue weighted by molar-refractivity contribution is 5.96. The second-order valence-corrected chi connectivity index (χ2v) is 4.21. The van der Waals surface area contributed by atoms with Gasteiger partial charge in [-0.05, 0) is 48.9 Å². The first-order valence-electron chi connectivity index (χ1n) is 5.95. The van der Waals surface area contributed by atoms with Crippen LogP contribution in [0.4, 0.5) is 5.69 Å². The van der Waals surface area contributed by atoms with E-state index in [-0.39, 0.29) is 11.7 Å². The average Bonchev–Trinajstić information content (AvgIpc) is 2.40. The maximum atomic E-state index is 11.8. The van der Waals surface area contributed by atoms with Crippen LogP contribution in [0.25, 0.3) is 0 Å². The number of rotatable bonds is 4. The first kappa shape index (κ1) is 13.0. The molecule has 1 amide bonds. The fraction of sp³-hybridized carbons (Fsp3) is 0.133. The number of nitrogens with zero attached hydrogens (tertiary/aromatic N) is 1. The molecular weight excluding hydrogens is 240 g/mol. The molecule has 0 aliphatic rings. The van der Waals surface area contributed by atoms with Crippen molar-refractivity contribution in [1.29, 1.82) is 0 Å². The number of carbonyl (C=O) groups excluding carboxylic acids is 2. The van der Waals surface area contributed by atoms with E-state index in [2.05, 4.69) is 10.3 Å². The van der Waals surface area contributed by atoms with Gasteiger partial charge in [0.25, 0.3) is 0 Å². The molecule has 0 atom stereocenters.